The van der Waals surface area contributed by atoms with Crippen LogP contribution in [0.5, 0.6) is 5.75 Å². The summed E-state index contributed by atoms with van der Waals surface area (Å²) in [7, 11) is 1.52. The monoisotopic (exact) mass is 229 g/mol. The van der Waals surface area contributed by atoms with Crippen LogP contribution in [0.1, 0.15) is 6.92 Å². The number of methoxy groups -OCH3 is 1. The summed E-state index contributed by atoms with van der Waals surface area (Å²) in [6.45, 7) is 2.11. The zero-order valence-electron chi connectivity index (χ0n) is 8.97. The highest BCUT2D eigenvalue weighted by molar-refractivity contribution is 5.38. The normalized spacial score (nSPS) is 12.2. The second-order valence-electron chi connectivity index (χ2n) is 3.25. The summed E-state index contributed by atoms with van der Waals surface area (Å²) in [5, 5.41) is 10.4. The second kappa shape index (κ2) is 5.41. The first kappa shape index (κ1) is 12.4. The van der Waals surface area contributed by atoms with Crippen molar-refractivity contribution < 1.29 is 18.8 Å². The SMILES string of the molecule is COCC(C)Oc1ccc([N+](=O)[O-])c(F)c1. The van der Waals surface area contributed by atoms with Crippen molar-refractivity contribution in [1.82, 2.24) is 0 Å². The van der Waals surface area contributed by atoms with E-state index in [0.29, 0.717) is 6.61 Å². The summed E-state index contributed by atoms with van der Waals surface area (Å²) in [6, 6.07) is 3.42. The number of ether oxygens (including phenoxy) is 2. The molecule has 0 saturated carbocycles. The first-order chi connectivity index (χ1) is 7.54. The largest absolute Gasteiger partial charge is 0.488 e. The average Bonchev–Trinajstić information content (AvgIpc) is 2.17. The first-order valence-corrected chi connectivity index (χ1v) is 4.64. The maximum absolute atomic E-state index is 13.2. The fourth-order valence-corrected chi connectivity index (χ4v) is 1.21. The van der Waals surface area contributed by atoms with Crippen molar-refractivity contribution in [1.29, 1.82) is 0 Å². The van der Waals surface area contributed by atoms with Gasteiger partial charge in [0.2, 0.25) is 5.82 Å². The number of nitro groups is 1. The van der Waals surface area contributed by atoms with Crippen molar-refractivity contribution in [3.63, 3.8) is 0 Å². The Bertz CT molecular complexity index is 383. The number of hydrogen-bond acceptors (Lipinski definition) is 4. The van der Waals surface area contributed by atoms with Crippen LogP contribution >= 0.6 is 0 Å². The van der Waals surface area contributed by atoms with Gasteiger partial charge in [0.15, 0.2) is 0 Å². The summed E-state index contributed by atoms with van der Waals surface area (Å²) < 4.78 is 23.3. The van der Waals surface area contributed by atoms with Gasteiger partial charge >= 0.3 is 5.69 Å². The molecule has 1 unspecified atom stereocenters. The highest BCUT2D eigenvalue weighted by atomic mass is 19.1. The van der Waals surface area contributed by atoms with Gasteiger partial charge in [-0.3, -0.25) is 10.1 Å². The minimum Gasteiger partial charge on any atom is -0.488 e. The van der Waals surface area contributed by atoms with Crippen LogP contribution in [0.25, 0.3) is 0 Å². The topological polar surface area (TPSA) is 61.6 Å². The van der Waals surface area contributed by atoms with Gasteiger partial charge in [0.1, 0.15) is 11.9 Å². The molecular weight excluding hydrogens is 217 g/mol. The van der Waals surface area contributed by atoms with Crippen molar-refractivity contribution in [3.05, 3.63) is 34.1 Å². The molecule has 0 aliphatic heterocycles. The van der Waals surface area contributed by atoms with Crippen LogP contribution in [0.15, 0.2) is 18.2 Å². The summed E-state index contributed by atoms with van der Waals surface area (Å²) in [4.78, 5) is 9.58. The molecule has 0 fully saturated rings. The number of halogens is 1. The van der Waals surface area contributed by atoms with E-state index in [0.717, 1.165) is 12.1 Å². The molecule has 0 aromatic heterocycles. The maximum Gasteiger partial charge on any atom is 0.305 e. The predicted molar refractivity (Wildman–Crippen MR) is 55.0 cm³/mol. The molecule has 5 nitrogen and oxygen atoms in total. The molecule has 1 rings (SSSR count). The van der Waals surface area contributed by atoms with Gasteiger partial charge in [0.25, 0.3) is 0 Å². The highest BCUT2D eigenvalue weighted by Gasteiger charge is 2.15. The molecule has 0 N–H and O–H groups in total. The van der Waals surface area contributed by atoms with E-state index in [1.807, 2.05) is 0 Å². The maximum atomic E-state index is 13.2. The van der Waals surface area contributed by atoms with Crippen LogP contribution < -0.4 is 4.74 Å². The molecule has 0 amide bonds. The molecule has 1 aromatic carbocycles. The smallest absolute Gasteiger partial charge is 0.305 e. The predicted octanol–water partition coefficient (Wildman–Crippen LogP) is 2.15. The quantitative estimate of drug-likeness (QED) is 0.573. The molecule has 0 saturated heterocycles. The van der Waals surface area contributed by atoms with Crippen molar-refractivity contribution in [2.75, 3.05) is 13.7 Å². The minimum atomic E-state index is -0.910. The van der Waals surface area contributed by atoms with E-state index < -0.39 is 16.4 Å². The zero-order chi connectivity index (χ0) is 12.1. The Morgan fingerprint density at radius 3 is 2.75 bits per heavy atom. The van der Waals surface area contributed by atoms with Gasteiger partial charge in [0.05, 0.1) is 11.5 Å². The van der Waals surface area contributed by atoms with Gasteiger partial charge in [-0.1, -0.05) is 0 Å². The fraction of sp³-hybridized carbons (Fsp3) is 0.400. The van der Waals surface area contributed by atoms with Gasteiger partial charge < -0.3 is 9.47 Å². The molecule has 1 atom stereocenters. The fourth-order valence-electron chi connectivity index (χ4n) is 1.21. The van der Waals surface area contributed by atoms with Crippen LogP contribution in [0.4, 0.5) is 10.1 Å². The van der Waals surface area contributed by atoms with Crippen molar-refractivity contribution in [2.24, 2.45) is 0 Å². The lowest BCUT2D eigenvalue weighted by Crippen LogP contribution is -2.18. The molecule has 0 heterocycles. The third-order valence-electron chi connectivity index (χ3n) is 1.85. The summed E-state index contributed by atoms with van der Waals surface area (Å²) in [5.74, 6) is -0.667. The van der Waals surface area contributed by atoms with Crippen molar-refractivity contribution in [2.45, 2.75) is 13.0 Å². The van der Waals surface area contributed by atoms with E-state index in [1.165, 1.54) is 13.2 Å². The van der Waals surface area contributed by atoms with Gasteiger partial charge in [-0.05, 0) is 13.0 Å². The second-order valence-corrected chi connectivity index (χ2v) is 3.25. The Hall–Kier alpha value is -1.69. The molecule has 0 aliphatic rings. The number of hydrogen-bond donors (Lipinski definition) is 0. The van der Waals surface area contributed by atoms with Gasteiger partial charge in [-0.15, -0.1) is 0 Å². The summed E-state index contributed by atoms with van der Waals surface area (Å²) in [6.07, 6.45) is -0.245. The van der Waals surface area contributed by atoms with Gasteiger partial charge in [0, 0.05) is 19.2 Å². The lowest BCUT2D eigenvalue weighted by molar-refractivity contribution is -0.387. The van der Waals surface area contributed by atoms with Crippen LogP contribution in [0, 0.1) is 15.9 Å². The third-order valence-corrected chi connectivity index (χ3v) is 1.85. The van der Waals surface area contributed by atoms with E-state index in [9.17, 15) is 14.5 Å². The molecule has 16 heavy (non-hydrogen) atoms. The number of nitrogens with zero attached hydrogens (tertiary/aromatic N) is 1. The minimum absolute atomic E-state index is 0.243. The van der Waals surface area contributed by atoms with Crippen LogP contribution in [-0.4, -0.2) is 24.7 Å². The molecular formula is C10H12FNO4. The Morgan fingerprint density at radius 1 is 1.56 bits per heavy atom. The van der Waals surface area contributed by atoms with Crippen LogP contribution in [-0.2, 0) is 4.74 Å². The zero-order valence-corrected chi connectivity index (χ0v) is 8.97. The molecule has 88 valence electrons. The Morgan fingerprint density at radius 2 is 2.25 bits per heavy atom. The molecule has 0 aliphatic carbocycles. The average molecular weight is 229 g/mol. The Balaban J connectivity index is 2.77. The van der Waals surface area contributed by atoms with E-state index >= 15 is 0 Å². The molecule has 6 heteroatoms. The lowest BCUT2D eigenvalue weighted by Gasteiger charge is -2.13. The molecule has 0 spiro atoms. The van der Waals surface area contributed by atoms with Crippen molar-refractivity contribution >= 4 is 5.69 Å². The van der Waals surface area contributed by atoms with E-state index in [1.54, 1.807) is 6.92 Å². The molecule has 0 radical (unpaired) electrons. The van der Waals surface area contributed by atoms with Crippen LogP contribution in [0.2, 0.25) is 0 Å². The summed E-state index contributed by atoms with van der Waals surface area (Å²) >= 11 is 0. The number of benzene rings is 1. The lowest BCUT2D eigenvalue weighted by atomic mass is 10.3. The Labute approximate surface area is 91.9 Å². The first-order valence-electron chi connectivity index (χ1n) is 4.64. The standard InChI is InChI=1S/C10H12FNO4/c1-7(6-15-2)16-8-3-4-10(12(13)14)9(11)5-8/h3-5,7H,6H2,1-2H3. The van der Waals surface area contributed by atoms with Crippen molar-refractivity contribution in [3.8, 4) is 5.75 Å². The summed E-state index contributed by atoms with van der Waals surface area (Å²) in [5.41, 5.74) is -0.563. The van der Waals surface area contributed by atoms with E-state index in [2.05, 4.69) is 0 Å². The van der Waals surface area contributed by atoms with Gasteiger partial charge in [-0.25, -0.2) is 0 Å². The number of rotatable bonds is 5. The van der Waals surface area contributed by atoms with E-state index in [4.69, 9.17) is 9.47 Å². The van der Waals surface area contributed by atoms with Crippen LogP contribution in [0.3, 0.4) is 0 Å². The Kier molecular flexibility index (Phi) is 4.19. The molecule has 1 aromatic rings. The highest BCUT2D eigenvalue weighted by Crippen LogP contribution is 2.22. The van der Waals surface area contributed by atoms with E-state index in [-0.39, 0.29) is 11.9 Å². The third kappa shape index (κ3) is 3.16. The number of nitro benzene ring substituents is 1. The van der Waals surface area contributed by atoms with Gasteiger partial charge in [-0.2, -0.15) is 4.39 Å². The molecule has 0 bridgehead atoms.